The smallest absolute Gasteiger partial charge is 0.261 e. The molecule has 0 aromatic rings. The molecule has 0 saturated carbocycles. The lowest BCUT2D eigenvalue weighted by molar-refractivity contribution is 0.488. The lowest BCUT2D eigenvalue weighted by atomic mass is 11.8. The number of hydrogen-bond acceptors (Lipinski definition) is 2. The summed E-state index contributed by atoms with van der Waals surface area (Å²) in [5.74, 6) is 0. The molecule has 0 radical (unpaired) electrons. The van der Waals surface area contributed by atoms with Crippen LogP contribution in [-0.4, -0.2) is 27.1 Å². The Morgan fingerprint density at radius 1 is 1.50 bits per heavy atom. The van der Waals surface area contributed by atoms with Crippen molar-refractivity contribution in [2.45, 2.75) is 13.1 Å². The number of rotatable bonds is 2. The van der Waals surface area contributed by atoms with Gasteiger partial charge in [0.1, 0.15) is 0 Å². The van der Waals surface area contributed by atoms with Crippen LogP contribution in [0, 0.1) is 0 Å². The summed E-state index contributed by atoms with van der Waals surface area (Å²) in [5.41, 5.74) is 0. The zero-order chi connectivity index (χ0) is 6.78. The predicted octanol–water partition coefficient (Wildman–Crippen LogP) is -0.0999. The van der Waals surface area contributed by atoms with Crippen LogP contribution in [0.25, 0.3) is 0 Å². The van der Waals surface area contributed by atoms with E-state index in [1.54, 1.807) is 0 Å². The van der Waals surface area contributed by atoms with Gasteiger partial charge in [-0.15, -0.1) is 0 Å². The maximum Gasteiger partial charge on any atom is 0.261 e. The molecule has 50 valence electrons. The lowest BCUT2D eigenvalue weighted by Gasteiger charge is -1.95. The van der Waals surface area contributed by atoms with Gasteiger partial charge in [-0.25, -0.2) is 0 Å². The zero-order valence-electron chi connectivity index (χ0n) is 4.96. The molecule has 8 heavy (non-hydrogen) atoms. The molecule has 0 unspecified atom stereocenters. The number of hydrogen-bond donors (Lipinski definition) is 1. The van der Waals surface area contributed by atoms with Gasteiger partial charge in [-0.3, -0.25) is 4.55 Å². The summed E-state index contributed by atoms with van der Waals surface area (Å²) < 4.78 is 28.3. The molecular weight excluding hydrogens is 144 g/mol. The van der Waals surface area contributed by atoms with Crippen molar-refractivity contribution in [2.75, 3.05) is 5.38 Å². The monoisotopic (exact) mass is 154 g/mol. The van der Waals surface area contributed by atoms with E-state index >= 15 is 0 Å². The van der Waals surface area contributed by atoms with Crippen LogP contribution in [0.15, 0.2) is 0 Å². The van der Waals surface area contributed by atoms with Crippen LogP contribution in [0.2, 0.25) is 13.1 Å². The topological polar surface area (TPSA) is 54.4 Å². The molecule has 0 rings (SSSR count). The van der Waals surface area contributed by atoms with Gasteiger partial charge in [-0.05, 0) is 0 Å². The lowest BCUT2D eigenvalue weighted by Crippen LogP contribution is -2.17. The van der Waals surface area contributed by atoms with Crippen LogP contribution in [0.5, 0.6) is 0 Å². The van der Waals surface area contributed by atoms with E-state index < -0.39 is 18.9 Å². The quantitative estimate of drug-likeness (QED) is 0.446. The second-order valence-corrected chi connectivity index (χ2v) is 7.43. The van der Waals surface area contributed by atoms with Crippen molar-refractivity contribution in [3.8, 4) is 0 Å². The van der Waals surface area contributed by atoms with E-state index in [2.05, 4.69) is 0 Å². The molecule has 0 aromatic heterocycles. The second-order valence-electron chi connectivity index (χ2n) is 2.14. The Labute approximate surface area is 51.1 Å². The first-order valence-electron chi connectivity index (χ1n) is 2.37. The molecule has 0 saturated heterocycles. The fourth-order valence-corrected chi connectivity index (χ4v) is 3.79. The minimum Gasteiger partial charge on any atom is -0.286 e. The molecule has 0 atom stereocenters. The van der Waals surface area contributed by atoms with Crippen molar-refractivity contribution in [1.82, 2.24) is 0 Å². The van der Waals surface area contributed by atoms with Gasteiger partial charge in [-0.1, -0.05) is 13.1 Å². The Hall–Kier alpha value is 0.127. The fourth-order valence-electron chi connectivity index (χ4n) is 0.421. The molecule has 0 spiro atoms. The molecule has 0 amide bonds. The highest BCUT2D eigenvalue weighted by Crippen LogP contribution is 1.86. The molecule has 5 heteroatoms. The molecule has 0 fully saturated rings. The standard InChI is InChI=1S/C3H10O3SSi/c1-8(2)3-7(4,5)6/h8H,3H2,1-2H3,(H,4,5,6). The maximum atomic E-state index is 10.0. The van der Waals surface area contributed by atoms with Gasteiger partial charge in [0.05, 0.1) is 14.2 Å². The Morgan fingerprint density at radius 2 is 1.88 bits per heavy atom. The molecule has 1 N–H and O–H groups in total. The minimum atomic E-state index is -3.66. The first-order chi connectivity index (χ1) is 3.42. The highest BCUT2D eigenvalue weighted by atomic mass is 32.2. The van der Waals surface area contributed by atoms with E-state index in [1.165, 1.54) is 0 Å². The van der Waals surface area contributed by atoms with E-state index in [-0.39, 0.29) is 5.38 Å². The van der Waals surface area contributed by atoms with Gasteiger partial charge < -0.3 is 0 Å². The average molecular weight is 154 g/mol. The highest BCUT2D eigenvalue weighted by Gasteiger charge is 2.07. The summed E-state index contributed by atoms with van der Waals surface area (Å²) in [6.45, 7) is 3.74. The van der Waals surface area contributed by atoms with Crippen molar-refractivity contribution >= 4 is 18.9 Å². The van der Waals surface area contributed by atoms with E-state index in [0.717, 1.165) is 0 Å². The van der Waals surface area contributed by atoms with Crippen LogP contribution < -0.4 is 0 Å². The summed E-state index contributed by atoms with van der Waals surface area (Å²) in [7, 11) is -4.80. The van der Waals surface area contributed by atoms with Crippen LogP contribution >= 0.6 is 0 Å². The summed E-state index contributed by atoms with van der Waals surface area (Å²) in [6, 6.07) is 0. The van der Waals surface area contributed by atoms with Crippen molar-refractivity contribution < 1.29 is 13.0 Å². The average Bonchev–Trinajstić information content (AvgIpc) is 1.21. The molecular formula is C3H10O3SSi. The third-order valence-electron chi connectivity index (χ3n) is 0.544. The van der Waals surface area contributed by atoms with Gasteiger partial charge in [0, 0.05) is 0 Å². The third-order valence-corrected chi connectivity index (χ3v) is 4.90. The largest absolute Gasteiger partial charge is 0.286 e. The first-order valence-corrected chi connectivity index (χ1v) is 7.10. The van der Waals surface area contributed by atoms with Crippen molar-refractivity contribution in [3.63, 3.8) is 0 Å². The first kappa shape index (κ1) is 8.13. The Kier molecular flexibility index (Phi) is 2.65. The van der Waals surface area contributed by atoms with Gasteiger partial charge in [0.25, 0.3) is 10.1 Å². The van der Waals surface area contributed by atoms with Gasteiger partial charge in [0.2, 0.25) is 0 Å². The summed E-state index contributed by atoms with van der Waals surface area (Å²) in [6.07, 6.45) is 0. The third kappa shape index (κ3) is 6.13. The highest BCUT2D eigenvalue weighted by molar-refractivity contribution is 7.87. The summed E-state index contributed by atoms with van der Waals surface area (Å²) in [4.78, 5) is 0. The molecule has 0 heterocycles. The van der Waals surface area contributed by atoms with Gasteiger partial charge in [0.15, 0.2) is 0 Å². The normalized spacial score (nSPS) is 12.5. The maximum absolute atomic E-state index is 10.0. The van der Waals surface area contributed by atoms with E-state index in [9.17, 15) is 8.42 Å². The molecule has 3 nitrogen and oxygen atoms in total. The van der Waals surface area contributed by atoms with Gasteiger partial charge >= 0.3 is 0 Å². The van der Waals surface area contributed by atoms with E-state index in [0.29, 0.717) is 0 Å². The predicted molar refractivity (Wildman–Crippen MR) is 35.3 cm³/mol. The Bertz CT molecular complexity index is 148. The van der Waals surface area contributed by atoms with Crippen molar-refractivity contribution in [1.29, 1.82) is 0 Å². The van der Waals surface area contributed by atoms with Crippen LogP contribution in [0.1, 0.15) is 0 Å². The van der Waals surface area contributed by atoms with E-state index in [4.69, 9.17) is 4.55 Å². The van der Waals surface area contributed by atoms with Gasteiger partial charge in [-0.2, -0.15) is 8.42 Å². The SMILES string of the molecule is C[SiH](C)CS(=O)(=O)O. The van der Waals surface area contributed by atoms with Crippen molar-refractivity contribution in [3.05, 3.63) is 0 Å². The van der Waals surface area contributed by atoms with Crippen molar-refractivity contribution in [2.24, 2.45) is 0 Å². The zero-order valence-corrected chi connectivity index (χ0v) is 6.93. The molecule has 0 aliphatic rings. The molecule has 0 aliphatic carbocycles. The molecule has 0 aromatic carbocycles. The van der Waals surface area contributed by atoms with E-state index in [1.807, 2.05) is 13.1 Å². The summed E-state index contributed by atoms with van der Waals surface area (Å²) >= 11 is 0. The molecule has 0 aliphatic heterocycles. The van der Waals surface area contributed by atoms with Crippen LogP contribution in [0.4, 0.5) is 0 Å². The Balaban J connectivity index is 3.75. The molecule has 0 bridgehead atoms. The summed E-state index contributed by atoms with van der Waals surface area (Å²) in [5, 5.41) is -0.00694. The fraction of sp³-hybridized carbons (Fsp3) is 1.00. The second kappa shape index (κ2) is 2.61. The van der Waals surface area contributed by atoms with Crippen LogP contribution in [-0.2, 0) is 10.1 Å². The Morgan fingerprint density at radius 3 is 1.88 bits per heavy atom. The minimum absolute atomic E-state index is 0.00694. The van der Waals surface area contributed by atoms with Crippen LogP contribution in [0.3, 0.4) is 0 Å².